The van der Waals surface area contributed by atoms with Crippen molar-refractivity contribution >= 4 is 44.9 Å². The van der Waals surface area contributed by atoms with Gasteiger partial charge in [-0.2, -0.15) is 0 Å². The number of aryl methyl sites for hydroxylation is 1. The molecule has 4 aromatic rings. The zero-order valence-electron chi connectivity index (χ0n) is 16.6. The number of methoxy groups -OCH3 is 1. The summed E-state index contributed by atoms with van der Waals surface area (Å²) in [6.07, 6.45) is 0.220. The van der Waals surface area contributed by atoms with E-state index in [1.165, 1.54) is 11.3 Å². The van der Waals surface area contributed by atoms with Gasteiger partial charge in [-0.05, 0) is 42.5 Å². The van der Waals surface area contributed by atoms with Crippen LogP contribution in [0, 0.1) is 0 Å². The summed E-state index contributed by atoms with van der Waals surface area (Å²) in [4.78, 5) is 24.6. The molecule has 2 N–H and O–H groups in total. The molecule has 6 nitrogen and oxygen atoms in total. The topological polar surface area (TPSA) is 80.6 Å². The molecule has 0 aliphatic carbocycles. The molecule has 0 aliphatic rings. The average molecular weight is 455 g/mol. The number of carbonyl (C=O) groups is 2. The smallest absolute Gasteiger partial charge is 0.303 e. The molecular weight excluding hydrogens is 436 g/mol. The summed E-state index contributed by atoms with van der Waals surface area (Å²) in [6, 6.07) is 18.6. The third-order valence-corrected chi connectivity index (χ3v) is 6.57. The van der Waals surface area contributed by atoms with Gasteiger partial charge in [0.1, 0.15) is 10.6 Å². The van der Waals surface area contributed by atoms with Crippen LogP contribution in [0.15, 0.2) is 60.7 Å². The molecule has 2 aromatic heterocycles. The maximum atomic E-state index is 13.1. The molecule has 2 heterocycles. The van der Waals surface area contributed by atoms with Crippen LogP contribution in [0.4, 0.5) is 0 Å². The predicted octanol–water partition coefficient (Wildman–Crippen LogP) is 5.43. The van der Waals surface area contributed by atoms with E-state index in [0.29, 0.717) is 21.3 Å². The molecule has 8 heteroatoms. The fourth-order valence-electron chi connectivity index (χ4n) is 3.34. The minimum Gasteiger partial charge on any atom is -0.497 e. The molecule has 0 saturated carbocycles. The molecule has 0 spiro atoms. The lowest BCUT2D eigenvalue weighted by molar-refractivity contribution is -0.136. The third kappa shape index (κ3) is 4.28. The first kappa shape index (κ1) is 21.0. The number of aliphatic carboxylic acids is 1. The van der Waals surface area contributed by atoms with E-state index in [0.717, 1.165) is 21.3 Å². The Kier molecular flexibility index (Phi) is 5.97. The quantitative estimate of drug-likeness (QED) is 0.390. The van der Waals surface area contributed by atoms with Gasteiger partial charge in [-0.15, -0.1) is 11.3 Å². The lowest BCUT2D eigenvalue weighted by Gasteiger charge is -2.15. The van der Waals surface area contributed by atoms with Crippen molar-refractivity contribution < 1.29 is 19.4 Å². The van der Waals surface area contributed by atoms with Crippen LogP contribution in [0.5, 0.6) is 5.75 Å². The van der Waals surface area contributed by atoms with Crippen molar-refractivity contribution in [3.05, 3.63) is 76.3 Å². The highest BCUT2D eigenvalue weighted by atomic mass is 35.5. The number of nitrogens with one attached hydrogen (secondary N) is 1. The number of nitrogens with zero attached hydrogens (tertiary/aromatic N) is 1. The van der Waals surface area contributed by atoms with E-state index in [-0.39, 0.29) is 18.7 Å². The van der Waals surface area contributed by atoms with Crippen molar-refractivity contribution in [1.82, 2.24) is 4.68 Å². The van der Waals surface area contributed by atoms with Crippen molar-refractivity contribution in [2.24, 2.45) is 0 Å². The predicted molar refractivity (Wildman–Crippen MR) is 123 cm³/mol. The van der Waals surface area contributed by atoms with Crippen LogP contribution >= 0.6 is 22.9 Å². The summed E-state index contributed by atoms with van der Waals surface area (Å²) >= 11 is 7.79. The lowest BCUT2D eigenvalue weighted by atomic mass is 10.1. The number of carbonyl (C=O) groups excluding carboxylic acids is 1. The van der Waals surface area contributed by atoms with E-state index in [1.807, 2.05) is 60.7 Å². The number of carboxylic acid groups (broad SMARTS) is 1. The van der Waals surface area contributed by atoms with Crippen molar-refractivity contribution in [1.29, 1.82) is 0 Å². The molecule has 31 heavy (non-hydrogen) atoms. The molecule has 1 amide bonds. The van der Waals surface area contributed by atoms with E-state index >= 15 is 0 Å². The van der Waals surface area contributed by atoms with E-state index in [9.17, 15) is 9.59 Å². The Morgan fingerprint density at radius 1 is 1.10 bits per heavy atom. The summed E-state index contributed by atoms with van der Waals surface area (Å²) in [6.45, 7) is 0. The van der Waals surface area contributed by atoms with Gasteiger partial charge in [0.25, 0.3) is 5.91 Å². The number of carboxylic acids is 1. The molecule has 0 saturated heterocycles. The van der Waals surface area contributed by atoms with Crippen molar-refractivity contribution in [3.8, 4) is 17.0 Å². The first-order chi connectivity index (χ1) is 15.0. The van der Waals surface area contributed by atoms with Gasteiger partial charge < -0.3 is 9.84 Å². The fourth-order valence-corrected chi connectivity index (χ4v) is 4.75. The Balaban J connectivity index is 1.71. The number of amides is 1. The van der Waals surface area contributed by atoms with Crippen LogP contribution in [0.3, 0.4) is 0 Å². The molecule has 0 fully saturated rings. The van der Waals surface area contributed by atoms with Crippen molar-refractivity contribution in [2.75, 3.05) is 12.5 Å². The van der Waals surface area contributed by atoms with Gasteiger partial charge in [-0.3, -0.25) is 19.7 Å². The van der Waals surface area contributed by atoms with E-state index in [4.69, 9.17) is 21.4 Å². The first-order valence-corrected chi connectivity index (χ1v) is 10.7. The Labute approximate surface area is 187 Å². The lowest BCUT2D eigenvalue weighted by Crippen LogP contribution is -2.25. The van der Waals surface area contributed by atoms with Gasteiger partial charge in [0.05, 0.1) is 24.2 Å². The van der Waals surface area contributed by atoms with Crippen LogP contribution in [-0.2, 0) is 11.2 Å². The Morgan fingerprint density at radius 3 is 2.52 bits per heavy atom. The third-order valence-electron chi connectivity index (χ3n) is 4.90. The SMILES string of the molecule is COc1ccc(-c2ccc(CCC(=O)O)n2NC(=O)c2sc3ccccc3c2Cl)cc1. The number of hydrogen-bond acceptors (Lipinski definition) is 4. The number of rotatable bonds is 7. The van der Waals surface area contributed by atoms with Crippen molar-refractivity contribution in [2.45, 2.75) is 12.8 Å². The molecule has 4 rings (SSSR count). The highest BCUT2D eigenvalue weighted by molar-refractivity contribution is 7.21. The summed E-state index contributed by atoms with van der Waals surface area (Å²) in [5.41, 5.74) is 5.17. The van der Waals surface area contributed by atoms with Gasteiger partial charge in [-0.1, -0.05) is 29.8 Å². The number of halogens is 1. The summed E-state index contributed by atoms with van der Waals surface area (Å²) in [7, 11) is 1.59. The van der Waals surface area contributed by atoms with Crippen LogP contribution in [0.25, 0.3) is 21.3 Å². The molecular formula is C23H19ClN2O4S. The molecule has 0 unspecified atom stereocenters. The number of aromatic nitrogens is 1. The largest absolute Gasteiger partial charge is 0.497 e. The summed E-state index contributed by atoms with van der Waals surface area (Å²) in [5, 5.41) is 10.3. The maximum Gasteiger partial charge on any atom is 0.303 e. The molecule has 2 aromatic carbocycles. The van der Waals surface area contributed by atoms with Gasteiger partial charge in [-0.25, -0.2) is 0 Å². The van der Waals surface area contributed by atoms with Gasteiger partial charge in [0.2, 0.25) is 0 Å². The van der Waals surface area contributed by atoms with Crippen LogP contribution in [0.1, 0.15) is 21.8 Å². The van der Waals surface area contributed by atoms with Crippen LogP contribution in [0.2, 0.25) is 5.02 Å². The highest BCUT2D eigenvalue weighted by Gasteiger charge is 2.20. The van der Waals surface area contributed by atoms with Crippen LogP contribution in [-0.4, -0.2) is 28.8 Å². The molecule has 0 atom stereocenters. The normalized spacial score (nSPS) is 10.9. The minimum atomic E-state index is -0.905. The second kappa shape index (κ2) is 8.83. The number of ether oxygens (including phenoxy) is 1. The second-order valence-electron chi connectivity index (χ2n) is 6.85. The van der Waals surface area contributed by atoms with Gasteiger partial charge >= 0.3 is 5.97 Å². The van der Waals surface area contributed by atoms with E-state index in [2.05, 4.69) is 5.43 Å². The van der Waals surface area contributed by atoms with E-state index < -0.39 is 5.97 Å². The van der Waals surface area contributed by atoms with Gasteiger partial charge in [0, 0.05) is 27.8 Å². The second-order valence-corrected chi connectivity index (χ2v) is 8.28. The zero-order valence-corrected chi connectivity index (χ0v) is 18.2. The molecule has 0 radical (unpaired) electrons. The number of fused-ring (bicyclic) bond motifs is 1. The number of benzene rings is 2. The maximum absolute atomic E-state index is 13.1. The molecule has 0 aliphatic heterocycles. The molecule has 0 bridgehead atoms. The highest BCUT2D eigenvalue weighted by Crippen LogP contribution is 2.35. The van der Waals surface area contributed by atoms with E-state index in [1.54, 1.807) is 11.8 Å². The van der Waals surface area contributed by atoms with Crippen molar-refractivity contribution in [3.63, 3.8) is 0 Å². The first-order valence-electron chi connectivity index (χ1n) is 9.53. The Morgan fingerprint density at radius 2 is 1.84 bits per heavy atom. The minimum absolute atomic E-state index is 0.0500. The Hall–Kier alpha value is -3.29. The molecule has 158 valence electrons. The standard InChI is InChI=1S/C23H19ClN2O4S/c1-30-16-10-6-14(7-11-16)18-12-8-15(9-13-20(27)28)26(18)25-23(29)22-21(24)17-4-2-3-5-19(17)31-22/h2-8,10-12H,9,13H2,1H3,(H,25,29)(H,27,28). The zero-order chi connectivity index (χ0) is 22.0. The van der Waals surface area contributed by atoms with Gasteiger partial charge in [0.15, 0.2) is 0 Å². The number of thiophene rings is 1. The van der Waals surface area contributed by atoms with Crippen LogP contribution < -0.4 is 10.2 Å². The monoisotopic (exact) mass is 454 g/mol. The Bertz CT molecular complexity index is 1260. The average Bonchev–Trinajstić information content (AvgIpc) is 3.33. The summed E-state index contributed by atoms with van der Waals surface area (Å²) in [5.74, 6) is -0.541. The number of hydrogen-bond donors (Lipinski definition) is 2. The fraction of sp³-hybridized carbons (Fsp3) is 0.130. The summed E-state index contributed by atoms with van der Waals surface area (Å²) < 4.78 is 7.77.